The lowest BCUT2D eigenvalue weighted by Crippen LogP contribution is -2.47. The largest absolute Gasteiger partial charge is 0.352 e. The molecule has 1 fully saturated rings. The maximum atomic E-state index is 12.3. The Morgan fingerprint density at radius 1 is 1.33 bits per heavy atom. The van der Waals surface area contributed by atoms with Gasteiger partial charge in [0.05, 0.1) is 0 Å². The van der Waals surface area contributed by atoms with Crippen molar-refractivity contribution in [1.82, 2.24) is 10.2 Å². The Labute approximate surface area is 126 Å². The minimum absolute atomic E-state index is 0.00964. The van der Waals surface area contributed by atoms with Crippen molar-refractivity contribution in [3.8, 4) is 0 Å². The van der Waals surface area contributed by atoms with Crippen molar-refractivity contribution in [3.63, 3.8) is 0 Å². The second-order valence-corrected chi connectivity index (χ2v) is 5.80. The molecule has 0 aliphatic carbocycles. The van der Waals surface area contributed by atoms with Gasteiger partial charge in [-0.25, -0.2) is 0 Å². The molecule has 2 amide bonds. The Morgan fingerprint density at radius 2 is 2.05 bits per heavy atom. The van der Waals surface area contributed by atoms with E-state index in [4.69, 9.17) is 0 Å². The molecule has 4 heteroatoms. The summed E-state index contributed by atoms with van der Waals surface area (Å²) in [5.41, 5.74) is 1.28. The Hall–Kier alpha value is -1.84. The Morgan fingerprint density at radius 3 is 2.71 bits per heavy atom. The molecule has 1 heterocycles. The minimum Gasteiger partial charge on any atom is -0.352 e. The lowest BCUT2D eigenvalue weighted by Gasteiger charge is -2.24. The first-order chi connectivity index (χ1) is 10.1. The second-order valence-electron chi connectivity index (χ2n) is 5.80. The number of amides is 2. The first kappa shape index (κ1) is 15.5. The predicted molar refractivity (Wildman–Crippen MR) is 82.8 cm³/mol. The van der Waals surface area contributed by atoms with Crippen LogP contribution in [0.5, 0.6) is 0 Å². The minimum atomic E-state index is -0.276. The van der Waals surface area contributed by atoms with Gasteiger partial charge in [-0.15, -0.1) is 0 Å². The van der Waals surface area contributed by atoms with E-state index < -0.39 is 0 Å². The molecule has 114 valence electrons. The van der Waals surface area contributed by atoms with Gasteiger partial charge in [-0.05, 0) is 38.2 Å². The van der Waals surface area contributed by atoms with E-state index >= 15 is 0 Å². The zero-order chi connectivity index (χ0) is 15.2. The first-order valence-electron chi connectivity index (χ1n) is 7.69. The van der Waals surface area contributed by atoms with Gasteiger partial charge in [0.25, 0.3) is 0 Å². The van der Waals surface area contributed by atoms with Gasteiger partial charge >= 0.3 is 0 Å². The molecule has 0 saturated carbocycles. The monoisotopic (exact) mass is 288 g/mol. The van der Waals surface area contributed by atoms with Crippen LogP contribution in [0.25, 0.3) is 0 Å². The summed E-state index contributed by atoms with van der Waals surface area (Å²) < 4.78 is 0. The zero-order valence-electron chi connectivity index (χ0n) is 12.8. The van der Waals surface area contributed by atoms with Crippen LogP contribution in [0.1, 0.15) is 38.7 Å². The molecule has 0 aromatic heterocycles. The van der Waals surface area contributed by atoms with Gasteiger partial charge in [0.1, 0.15) is 6.04 Å². The van der Waals surface area contributed by atoms with E-state index in [0.29, 0.717) is 6.54 Å². The molecule has 4 nitrogen and oxygen atoms in total. The molecule has 1 aliphatic rings. The highest BCUT2D eigenvalue weighted by Gasteiger charge is 2.32. The van der Waals surface area contributed by atoms with E-state index in [1.807, 2.05) is 25.1 Å². The molecule has 2 rings (SSSR count). The molecule has 0 spiro atoms. The fraction of sp³-hybridized carbons (Fsp3) is 0.529. The molecule has 2 unspecified atom stereocenters. The average molecular weight is 288 g/mol. The summed E-state index contributed by atoms with van der Waals surface area (Å²) in [6, 6.07) is 10.1. The Balaban J connectivity index is 1.80. The summed E-state index contributed by atoms with van der Waals surface area (Å²) in [5.74, 6) is -0.0205. The van der Waals surface area contributed by atoms with Gasteiger partial charge in [-0.3, -0.25) is 9.59 Å². The number of carbonyl (C=O) groups is 2. The molecule has 21 heavy (non-hydrogen) atoms. The number of benzene rings is 1. The van der Waals surface area contributed by atoms with Gasteiger partial charge in [-0.2, -0.15) is 0 Å². The summed E-state index contributed by atoms with van der Waals surface area (Å²) in [5, 5.41) is 3.04. The van der Waals surface area contributed by atoms with Crippen LogP contribution in [0.2, 0.25) is 0 Å². The van der Waals surface area contributed by atoms with Crippen LogP contribution >= 0.6 is 0 Å². The number of carbonyl (C=O) groups excluding carboxylic acids is 2. The fourth-order valence-electron chi connectivity index (χ4n) is 2.86. The maximum Gasteiger partial charge on any atom is 0.243 e. The number of hydrogen-bond acceptors (Lipinski definition) is 2. The molecule has 1 aromatic carbocycles. The van der Waals surface area contributed by atoms with Crippen molar-refractivity contribution in [2.45, 2.75) is 51.6 Å². The summed E-state index contributed by atoms with van der Waals surface area (Å²) in [4.78, 5) is 25.5. The quantitative estimate of drug-likeness (QED) is 0.902. The van der Waals surface area contributed by atoms with Crippen LogP contribution in [0.15, 0.2) is 30.3 Å². The van der Waals surface area contributed by atoms with E-state index in [0.717, 1.165) is 25.7 Å². The Bertz CT molecular complexity index is 487. The smallest absolute Gasteiger partial charge is 0.243 e. The highest BCUT2D eigenvalue weighted by Crippen LogP contribution is 2.17. The molecule has 1 N–H and O–H groups in total. The highest BCUT2D eigenvalue weighted by atomic mass is 16.2. The molecule has 1 aliphatic heterocycles. The van der Waals surface area contributed by atoms with Gasteiger partial charge in [0, 0.05) is 19.5 Å². The zero-order valence-corrected chi connectivity index (χ0v) is 12.8. The third-order valence-corrected chi connectivity index (χ3v) is 4.06. The van der Waals surface area contributed by atoms with E-state index in [1.54, 1.807) is 4.90 Å². The van der Waals surface area contributed by atoms with Crippen molar-refractivity contribution in [3.05, 3.63) is 35.9 Å². The SMILES string of the molecule is CC(=O)N1CCCC1C(=O)NC(C)CCc1ccccc1. The second kappa shape index (κ2) is 7.25. The summed E-state index contributed by atoms with van der Waals surface area (Å²) in [6.45, 7) is 4.25. The topological polar surface area (TPSA) is 49.4 Å². The van der Waals surface area contributed by atoms with Crippen molar-refractivity contribution in [2.75, 3.05) is 6.54 Å². The van der Waals surface area contributed by atoms with E-state index in [2.05, 4.69) is 17.4 Å². The van der Waals surface area contributed by atoms with Crippen LogP contribution in [-0.4, -0.2) is 35.3 Å². The third-order valence-electron chi connectivity index (χ3n) is 4.06. The molecule has 0 bridgehead atoms. The molecule has 1 saturated heterocycles. The normalized spacial score (nSPS) is 19.3. The lowest BCUT2D eigenvalue weighted by molar-refractivity contribution is -0.137. The maximum absolute atomic E-state index is 12.3. The number of nitrogens with one attached hydrogen (secondary N) is 1. The highest BCUT2D eigenvalue weighted by molar-refractivity contribution is 5.87. The summed E-state index contributed by atoms with van der Waals surface area (Å²) in [6.07, 6.45) is 3.54. The fourth-order valence-corrected chi connectivity index (χ4v) is 2.86. The molecule has 2 atom stereocenters. The van der Waals surface area contributed by atoms with E-state index in [-0.39, 0.29) is 23.9 Å². The Kier molecular flexibility index (Phi) is 5.37. The van der Waals surface area contributed by atoms with Crippen LogP contribution in [-0.2, 0) is 16.0 Å². The van der Waals surface area contributed by atoms with Gasteiger partial charge in [0.2, 0.25) is 11.8 Å². The van der Waals surface area contributed by atoms with Crippen LogP contribution in [0.3, 0.4) is 0 Å². The van der Waals surface area contributed by atoms with E-state index in [9.17, 15) is 9.59 Å². The van der Waals surface area contributed by atoms with Crippen LogP contribution in [0.4, 0.5) is 0 Å². The standard InChI is InChI=1S/C17H24N2O2/c1-13(10-11-15-7-4-3-5-8-15)18-17(21)16-9-6-12-19(16)14(2)20/h3-5,7-8,13,16H,6,9-12H2,1-2H3,(H,18,21). The van der Waals surface area contributed by atoms with Crippen LogP contribution < -0.4 is 5.32 Å². The number of nitrogens with zero attached hydrogens (tertiary/aromatic N) is 1. The molecular formula is C17H24N2O2. The first-order valence-corrected chi connectivity index (χ1v) is 7.69. The van der Waals surface area contributed by atoms with Crippen molar-refractivity contribution in [2.24, 2.45) is 0 Å². The summed E-state index contributed by atoms with van der Waals surface area (Å²) in [7, 11) is 0. The van der Waals surface area contributed by atoms with Gasteiger partial charge in [0.15, 0.2) is 0 Å². The predicted octanol–water partition coefficient (Wildman–Crippen LogP) is 2.13. The van der Waals surface area contributed by atoms with Gasteiger partial charge < -0.3 is 10.2 Å². The number of likely N-dealkylation sites (tertiary alicyclic amines) is 1. The third kappa shape index (κ3) is 4.31. The van der Waals surface area contributed by atoms with Crippen molar-refractivity contribution < 1.29 is 9.59 Å². The van der Waals surface area contributed by atoms with Crippen LogP contribution in [0, 0.1) is 0 Å². The average Bonchev–Trinajstić information content (AvgIpc) is 2.96. The van der Waals surface area contributed by atoms with Crippen molar-refractivity contribution in [1.29, 1.82) is 0 Å². The lowest BCUT2D eigenvalue weighted by atomic mass is 10.1. The summed E-state index contributed by atoms with van der Waals surface area (Å²) >= 11 is 0. The molecule has 0 radical (unpaired) electrons. The number of rotatable bonds is 5. The van der Waals surface area contributed by atoms with Crippen molar-refractivity contribution >= 4 is 11.8 Å². The van der Waals surface area contributed by atoms with Gasteiger partial charge in [-0.1, -0.05) is 30.3 Å². The number of aryl methyl sites for hydroxylation is 1. The van der Waals surface area contributed by atoms with E-state index in [1.165, 1.54) is 12.5 Å². The molecule has 1 aromatic rings. The molecular weight excluding hydrogens is 264 g/mol. The number of hydrogen-bond donors (Lipinski definition) is 1.